The highest BCUT2D eigenvalue weighted by Crippen LogP contribution is 2.43. The summed E-state index contributed by atoms with van der Waals surface area (Å²) in [6, 6.07) is -0.858. The fourth-order valence-electron chi connectivity index (χ4n) is 4.48. The van der Waals surface area contributed by atoms with E-state index < -0.39 is 20.0 Å². The van der Waals surface area contributed by atoms with Crippen molar-refractivity contribution in [3.05, 3.63) is 24.3 Å². The molecule has 0 rings (SSSR count). The minimum Gasteiger partial charge on any atom is -0.387 e. The number of aliphatic hydroxyl groups is 1. The van der Waals surface area contributed by atoms with Crippen molar-refractivity contribution in [1.82, 2.24) is 5.32 Å². The van der Waals surface area contributed by atoms with Gasteiger partial charge in [-0.1, -0.05) is 115 Å². The molecule has 8 nitrogen and oxygen atoms in total. The molecule has 5 N–H and O–H groups in total. The van der Waals surface area contributed by atoms with E-state index in [9.17, 15) is 19.4 Å². The fourth-order valence-corrected chi connectivity index (χ4v) is 5.24. The first-order chi connectivity index (χ1) is 19.9. The second-order valence-corrected chi connectivity index (χ2v) is 12.5. The van der Waals surface area contributed by atoms with E-state index in [1.807, 2.05) is 6.08 Å². The summed E-state index contributed by atoms with van der Waals surface area (Å²) in [5, 5.41) is 13.5. The third kappa shape index (κ3) is 27.6. The molecule has 3 unspecified atom stereocenters. The lowest BCUT2D eigenvalue weighted by molar-refractivity contribution is -0.123. The minimum atomic E-state index is -4.32. The zero-order chi connectivity index (χ0) is 30.4. The number of carbonyl (C=O) groups is 1. The molecule has 0 fully saturated rings. The Bertz CT molecular complexity index is 704. The number of hydrogen-bond donors (Lipinski definition) is 4. The first kappa shape index (κ1) is 40.0. The quantitative estimate of drug-likeness (QED) is 0.0374. The van der Waals surface area contributed by atoms with Crippen LogP contribution in [0.5, 0.6) is 0 Å². The molecule has 3 atom stereocenters. The highest BCUT2D eigenvalue weighted by atomic mass is 31.2. The van der Waals surface area contributed by atoms with Crippen LogP contribution >= 0.6 is 7.82 Å². The van der Waals surface area contributed by atoms with E-state index in [2.05, 4.69) is 31.3 Å². The molecule has 0 heterocycles. The third-order valence-electron chi connectivity index (χ3n) is 7.02. The fraction of sp³-hybridized carbons (Fsp3) is 0.844. The number of rotatable bonds is 30. The van der Waals surface area contributed by atoms with Crippen LogP contribution in [-0.2, 0) is 18.4 Å². The first-order valence-electron chi connectivity index (χ1n) is 16.5. The van der Waals surface area contributed by atoms with Gasteiger partial charge in [-0.05, 0) is 44.9 Å². The molecule has 0 aromatic rings. The van der Waals surface area contributed by atoms with E-state index in [4.69, 9.17) is 14.8 Å². The van der Waals surface area contributed by atoms with Crippen LogP contribution in [0.1, 0.15) is 142 Å². The van der Waals surface area contributed by atoms with Gasteiger partial charge in [0.05, 0.1) is 25.4 Å². The number of hydrogen-bond acceptors (Lipinski definition) is 6. The predicted molar refractivity (Wildman–Crippen MR) is 171 cm³/mol. The van der Waals surface area contributed by atoms with Crippen molar-refractivity contribution >= 4 is 13.7 Å². The Kier molecular flexibility index (Phi) is 28.3. The number of nitrogens with two attached hydrogens (primary N) is 1. The number of phosphoric ester groups is 1. The normalized spacial score (nSPS) is 15.0. The van der Waals surface area contributed by atoms with Crippen molar-refractivity contribution in [2.75, 3.05) is 19.8 Å². The van der Waals surface area contributed by atoms with Gasteiger partial charge in [-0.2, -0.15) is 0 Å². The van der Waals surface area contributed by atoms with E-state index in [-0.39, 0.29) is 25.7 Å². The minimum absolute atomic E-state index is 0.0772. The van der Waals surface area contributed by atoms with Gasteiger partial charge < -0.3 is 21.1 Å². The summed E-state index contributed by atoms with van der Waals surface area (Å²) in [5.41, 5.74) is 5.32. The van der Waals surface area contributed by atoms with Gasteiger partial charge in [0.2, 0.25) is 5.91 Å². The monoisotopic (exact) mass is 602 g/mol. The second-order valence-electron chi connectivity index (χ2n) is 11.0. The Morgan fingerprint density at radius 2 is 1.27 bits per heavy atom. The number of carbonyl (C=O) groups excluding carboxylic acids is 1. The molecule has 0 aliphatic carbocycles. The summed E-state index contributed by atoms with van der Waals surface area (Å²) in [7, 11) is -4.32. The molecule has 1 amide bonds. The topological polar surface area (TPSA) is 131 Å². The van der Waals surface area contributed by atoms with Crippen LogP contribution in [0.15, 0.2) is 24.3 Å². The van der Waals surface area contributed by atoms with Crippen LogP contribution in [0.3, 0.4) is 0 Å². The summed E-state index contributed by atoms with van der Waals surface area (Å²) in [5.74, 6) is -0.209. The number of allylic oxidation sites excluding steroid dienone is 3. The number of nitrogens with one attached hydrogen (secondary N) is 1. The van der Waals surface area contributed by atoms with E-state index in [0.717, 1.165) is 51.4 Å². The molecule has 0 spiro atoms. The maximum absolute atomic E-state index is 12.6. The molecule has 9 heteroatoms. The molecular formula is C32H63N2O6P. The van der Waals surface area contributed by atoms with Crippen LogP contribution in [0.25, 0.3) is 0 Å². The van der Waals surface area contributed by atoms with Crippen LogP contribution in [-0.4, -0.2) is 47.8 Å². The van der Waals surface area contributed by atoms with Crippen LogP contribution < -0.4 is 11.1 Å². The third-order valence-corrected chi connectivity index (χ3v) is 8.01. The standard InChI is InChI=1S/C32H63N2O6P/c1-3-5-7-9-11-13-14-15-16-17-18-20-22-24-26-32(36)34-30(29-40-41(37,38)39-28-27-33)31(35)25-23-21-19-12-10-8-6-4-2/h14-15,23,25,30-31,35H,3-13,16-22,24,26-29,33H2,1-2H3,(H,34,36)(H,37,38)/b15-14-,25-23+. The lowest BCUT2D eigenvalue weighted by Crippen LogP contribution is -2.45. The Morgan fingerprint density at radius 1 is 0.780 bits per heavy atom. The molecule has 41 heavy (non-hydrogen) atoms. The lowest BCUT2D eigenvalue weighted by atomic mass is 10.1. The average molecular weight is 603 g/mol. The van der Waals surface area contributed by atoms with Crippen LogP contribution in [0, 0.1) is 0 Å². The maximum Gasteiger partial charge on any atom is 0.472 e. The van der Waals surface area contributed by atoms with Gasteiger partial charge in [-0.3, -0.25) is 13.8 Å². The van der Waals surface area contributed by atoms with Crippen molar-refractivity contribution in [3.63, 3.8) is 0 Å². The highest BCUT2D eigenvalue weighted by molar-refractivity contribution is 7.47. The van der Waals surface area contributed by atoms with Crippen molar-refractivity contribution in [2.45, 2.75) is 154 Å². The van der Waals surface area contributed by atoms with Gasteiger partial charge in [0.15, 0.2) is 0 Å². The highest BCUT2D eigenvalue weighted by Gasteiger charge is 2.26. The van der Waals surface area contributed by atoms with Gasteiger partial charge in [0, 0.05) is 13.0 Å². The van der Waals surface area contributed by atoms with Gasteiger partial charge in [-0.15, -0.1) is 0 Å². The zero-order valence-corrected chi connectivity index (χ0v) is 27.2. The first-order valence-corrected chi connectivity index (χ1v) is 18.0. The van der Waals surface area contributed by atoms with E-state index in [1.165, 1.54) is 70.6 Å². The lowest BCUT2D eigenvalue weighted by Gasteiger charge is -2.23. The average Bonchev–Trinajstić information content (AvgIpc) is 2.95. The number of unbranched alkanes of at least 4 members (excludes halogenated alkanes) is 16. The summed E-state index contributed by atoms with van der Waals surface area (Å²) in [4.78, 5) is 22.4. The summed E-state index contributed by atoms with van der Waals surface area (Å²) < 4.78 is 21.9. The number of aliphatic hydroxyl groups excluding tert-OH is 1. The number of amides is 1. The van der Waals surface area contributed by atoms with Crippen LogP contribution in [0.4, 0.5) is 0 Å². The van der Waals surface area contributed by atoms with E-state index in [1.54, 1.807) is 6.08 Å². The SMILES string of the molecule is CCCCCCC/C=C\CCCCCCCC(=O)NC(COP(=O)(O)OCCN)C(O)/C=C/CCCCCCCC. The largest absolute Gasteiger partial charge is 0.472 e. The van der Waals surface area contributed by atoms with Crippen molar-refractivity contribution in [3.8, 4) is 0 Å². The Labute approximate surface area is 251 Å². The second kappa shape index (κ2) is 29.1. The van der Waals surface area contributed by atoms with Gasteiger partial charge in [-0.25, -0.2) is 4.57 Å². The zero-order valence-electron chi connectivity index (χ0n) is 26.3. The molecular weight excluding hydrogens is 539 g/mol. The molecule has 0 aromatic heterocycles. The molecule has 0 aromatic carbocycles. The molecule has 0 bridgehead atoms. The summed E-state index contributed by atoms with van der Waals surface area (Å²) >= 11 is 0. The molecule has 0 saturated carbocycles. The Hall–Kier alpha value is -1.02. The Morgan fingerprint density at radius 3 is 1.80 bits per heavy atom. The maximum atomic E-state index is 12.6. The molecule has 0 aliphatic heterocycles. The van der Waals surface area contributed by atoms with Gasteiger partial charge in [0.25, 0.3) is 0 Å². The molecule has 242 valence electrons. The predicted octanol–water partition coefficient (Wildman–Crippen LogP) is 7.88. The molecule has 0 radical (unpaired) electrons. The van der Waals surface area contributed by atoms with Crippen molar-refractivity contribution < 1.29 is 28.4 Å². The van der Waals surface area contributed by atoms with E-state index >= 15 is 0 Å². The van der Waals surface area contributed by atoms with Crippen molar-refractivity contribution in [1.29, 1.82) is 0 Å². The Balaban J connectivity index is 4.36. The smallest absolute Gasteiger partial charge is 0.387 e. The number of phosphoric acid groups is 1. The summed E-state index contributed by atoms with van der Waals surface area (Å²) in [6.45, 7) is 4.04. The van der Waals surface area contributed by atoms with Gasteiger partial charge in [0.1, 0.15) is 0 Å². The molecule has 0 aliphatic rings. The summed E-state index contributed by atoms with van der Waals surface area (Å²) in [6.07, 6.45) is 29.4. The van der Waals surface area contributed by atoms with Gasteiger partial charge >= 0.3 is 7.82 Å². The van der Waals surface area contributed by atoms with E-state index in [0.29, 0.717) is 6.42 Å². The van der Waals surface area contributed by atoms with Crippen molar-refractivity contribution in [2.24, 2.45) is 5.73 Å². The molecule has 0 saturated heterocycles. The van der Waals surface area contributed by atoms with Crippen LogP contribution in [0.2, 0.25) is 0 Å².